The summed E-state index contributed by atoms with van der Waals surface area (Å²) in [4.78, 5) is 38.6. The number of amides is 2. The van der Waals surface area contributed by atoms with Gasteiger partial charge in [-0.05, 0) is 44.5 Å². The number of carbonyl (C=O) groups is 2. The summed E-state index contributed by atoms with van der Waals surface area (Å²) in [6.45, 7) is 5.43. The lowest BCUT2D eigenvalue weighted by molar-refractivity contribution is -0.0803. The molecule has 13 heteroatoms. The Morgan fingerprint density at radius 2 is 1.91 bits per heavy atom. The average molecular weight is 526 g/mol. The molecule has 2 atom stereocenters. The van der Waals surface area contributed by atoms with Gasteiger partial charge in [-0.15, -0.1) is 0 Å². The molecule has 0 radical (unpaired) electrons. The molecule has 0 spiro atoms. The van der Waals surface area contributed by atoms with Crippen LogP contribution in [0.4, 0.5) is 4.79 Å². The lowest BCUT2D eigenvalue weighted by Crippen LogP contribution is -2.50. The standard InChI is InChI=1S/C22H28ClN5O6S/c1-22(2,3)34-21(30)28-9-14(11-35(5,31)32)33-18(10-28)13-6-16(27-19(23)7-13)15-8-17(20(29)24-4)26-12-25-15/h6-8,12,14,18H,9-11H2,1-5H3,(H,24,29). The highest BCUT2D eigenvalue weighted by Gasteiger charge is 2.35. The fourth-order valence-corrected chi connectivity index (χ4v) is 4.59. The SMILES string of the molecule is CNC(=O)c1cc(-c2cc(C3CN(C(=O)OC(C)(C)C)CC(CS(C)(=O)=O)O3)cc(Cl)n2)ncn1. The summed E-state index contributed by atoms with van der Waals surface area (Å²) in [5.41, 5.74) is 0.707. The number of rotatable bonds is 5. The van der Waals surface area contributed by atoms with E-state index in [4.69, 9.17) is 21.1 Å². The van der Waals surface area contributed by atoms with Crippen molar-refractivity contribution in [3.8, 4) is 11.4 Å². The third kappa shape index (κ3) is 7.58. The Hall–Kier alpha value is -2.83. The monoisotopic (exact) mass is 525 g/mol. The van der Waals surface area contributed by atoms with E-state index in [1.807, 2.05) is 0 Å². The van der Waals surface area contributed by atoms with Crippen LogP contribution in [0.5, 0.6) is 0 Å². The molecular formula is C22H28ClN5O6S. The molecule has 1 aliphatic heterocycles. The van der Waals surface area contributed by atoms with Crippen LogP contribution in [0.2, 0.25) is 5.15 Å². The molecule has 0 saturated carbocycles. The van der Waals surface area contributed by atoms with Gasteiger partial charge in [0.2, 0.25) is 0 Å². The van der Waals surface area contributed by atoms with Gasteiger partial charge in [-0.3, -0.25) is 4.79 Å². The number of carbonyl (C=O) groups excluding carboxylic acids is 2. The zero-order valence-electron chi connectivity index (χ0n) is 20.1. The maximum Gasteiger partial charge on any atom is 0.410 e. The minimum Gasteiger partial charge on any atom is -0.444 e. The van der Waals surface area contributed by atoms with Crippen molar-refractivity contribution in [2.75, 3.05) is 32.1 Å². The molecule has 1 fully saturated rings. The normalized spacial score (nSPS) is 18.7. The van der Waals surface area contributed by atoms with Gasteiger partial charge in [0.05, 0.1) is 36.3 Å². The minimum absolute atomic E-state index is 0.0611. The first-order chi connectivity index (χ1) is 16.2. The fourth-order valence-electron chi connectivity index (χ4n) is 3.51. The number of pyridine rings is 1. The van der Waals surface area contributed by atoms with Crippen LogP contribution in [-0.4, -0.2) is 84.1 Å². The van der Waals surface area contributed by atoms with E-state index in [-0.39, 0.29) is 35.6 Å². The Morgan fingerprint density at radius 3 is 2.54 bits per heavy atom. The average Bonchev–Trinajstić information content (AvgIpc) is 2.75. The van der Waals surface area contributed by atoms with Crippen LogP contribution in [0.1, 0.15) is 42.9 Å². The molecule has 35 heavy (non-hydrogen) atoms. The van der Waals surface area contributed by atoms with E-state index in [9.17, 15) is 18.0 Å². The fraction of sp³-hybridized carbons (Fsp3) is 0.500. The van der Waals surface area contributed by atoms with E-state index < -0.39 is 33.7 Å². The van der Waals surface area contributed by atoms with Gasteiger partial charge >= 0.3 is 6.09 Å². The minimum atomic E-state index is -3.39. The predicted octanol–water partition coefficient (Wildman–Crippen LogP) is 2.27. The van der Waals surface area contributed by atoms with Crippen LogP contribution in [-0.2, 0) is 19.3 Å². The quantitative estimate of drug-likeness (QED) is 0.582. The second-order valence-electron chi connectivity index (χ2n) is 9.20. The number of halogens is 1. The number of morpholine rings is 1. The molecule has 0 aromatic carbocycles. The highest BCUT2D eigenvalue weighted by atomic mass is 35.5. The Kier molecular flexibility index (Phi) is 7.97. The van der Waals surface area contributed by atoms with Crippen molar-refractivity contribution < 1.29 is 27.5 Å². The summed E-state index contributed by atoms with van der Waals surface area (Å²) in [6, 6.07) is 4.72. The molecule has 190 valence electrons. The van der Waals surface area contributed by atoms with Crippen molar-refractivity contribution in [3.05, 3.63) is 40.9 Å². The van der Waals surface area contributed by atoms with Crippen molar-refractivity contribution in [1.82, 2.24) is 25.2 Å². The van der Waals surface area contributed by atoms with E-state index in [0.717, 1.165) is 6.26 Å². The van der Waals surface area contributed by atoms with Gasteiger partial charge in [-0.25, -0.2) is 28.2 Å². The van der Waals surface area contributed by atoms with Gasteiger partial charge in [0.15, 0.2) is 0 Å². The van der Waals surface area contributed by atoms with E-state index in [1.54, 1.807) is 32.9 Å². The number of sulfone groups is 1. The molecule has 1 N–H and O–H groups in total. The summed E-state index contributed by atoms with van der Waals surface area (Å²) in [6.07, 6.45) is 0.299. The summed E-state index contributed by atoms with van der Waals surface area (Å²) in [7, 11) is -1.90. The number of hydrogen-bond acceptors (Lipinski definition) is 9. The number of nitrogens with zero attached hydrogens (tertiary/aromatic N) is 4. The van der Waals surface area contributed by atoms with E-state index >= 15 is 0 Å². The number of aromatic nitrogens is 3. The molecule has 1 saturated heterocycles. The molecule has 0 bridgehead atoms. The first-order valence-corrected chi connectivity index (χ1v) is 13.2. The highest BCUT2D eigenvalue weighted by molar-refractivity contribution is 7.90. The van der Waals surface area contributed by atoms with Crippen LogP contribution >= 0.6 is 11.6 Å². The molecule has 3 heterocycles. The number of nitrogens with one attached hydrogen (secondary N) is 1. The van der Waals surface area contributed by atoms with Crippen LogP contribution in [0.15, 0.2) is 24.5 Å². The van der Waals surface area contributed by atoms with Gasteiger partial charge in [0.1, 0.15) is 38.7 Å². The maximum absolute atomic E-state index is 12.8. The van der Waals surface area contributed by atoms with Crippen LogP contribution in [0.25, 0.3) is 11.4 Å². The van der Waals surface area contributed by atoms with Gasteiger partial charge in [-0.1, -0.05) is 11.6 Å². The van der Waals surface area contributed by atoms with Crippen LogP contribution in [0.3, 0.4) is 0 Å². The van der Waals surface area contributed by atoms with E-state index in [0.29, 0.717) is 17.0 Å². The largest absolute Gasteiger partial charge is 0.444 e. The van der Waals surface area contributed by atoms with Crippen molar-refractivity contribution in [2.45, 2.75) is 38.6 Å². The van der Waals surface area contributed by atoms with Gasteiger partial charge in [0.25, 0.3) is 5.91 Å². The maximum atomic E-state index is 12.8. The molecule has 2 aromatic rings. The van der Waals surface area contributed by atoms with Gasteiger partial charge in [0, 0.05) is 13.3 Å². The Balaban J connectivity index is 1.96. The lowest BCUT2D eigenvalue weighted by Gasteiger charge is -2.38. The second-order valence-corrected chi connectivity index (χ2v) is 11.8. The first kappa shape index (κ1) is 26.8. The molecule has 1 aliphatic rings. The van der Waals surface area contributed by atoms with Gasteiger partial charge in [-0.2, -0.15) is 0 Å². The molecule has 2 aromatic heterocycles. The smallest absolute Gasteiger partial charge is 0.410 e. The van der Waals surface area contributed by atoms with Crippen LogP contribution < -0.4 is 5.32 Å². The molecule has 3 rings (SSSR count). The van der Waals surface area contributed by atoms with E-state index in [2.05, 4.69) is 20.3 Å². The molecule has 2 amide bonds. The molecule has 11 nitrogen and oxygen atoms in total. The predicted molar refractivity (Wildman–Crippen MR) is 129 cm³/mol. The summed E-state index contributed by atoms with van der Waals surface area (Å²) in [5, 5.41) is 2.63. The summed E-state index contributed by atoms with van der Waals surface area (Å²) in [5.74, 6) is -0.654. The third-order valence-corrected chi connectivity index (χ3v) is 6.06. The van der Waals surface area contributed by atoms with Crippen molar-refractivity contribution >= 4 is 33.4 Å². The lowest BCUT2D eigenvalue weighted by atomic mass is 10.1. The Labute approximate surface area is 209 Å². The van der Waals surface area contributed by atoms with Crippen molar-refractivity contribution in [2.24, 2.45) is 0 Å². The van der Waals surface area contributed by atoms with Crippen molar-refractivity contribution in [1.29, 1.82) is 0 Å². The highest BCUT2D eigenvalue weighted by Crippen LogP contribution is 2.31. The number of hydrogen-bond donors (Lipinski definition) is 1. The van der Waals surface area contributed by atoms with Crippen LogP contribution in [0, 0.1) is 0 Å². The molecule has 2 unspecified atom stereocenters. The first-order valence-electron chi connectivity index (χ1n) is 10.8. The van der Waals surface area contributed by atoms with E-state index in [1.165, 1.54) is 24.3 Å². The number of ether oxygens (including phenoxy) is 2. The van der Waals surface area contributed by atoms with Crippen molar-refractivity contribution in [3.63, 3.8) is 0 Å². The zero-order valence-corrected chi connectivity index (χ0v) is 21.7. The Bertz CT molecular complexity index is 1220. The Morgan fingerprint density at radius 1 is 1.20 bits per heavy atom. The summed E-state index contributed by atoms with van der Waals surface area (Å²) >= 11 is 6.29. The second kappa shape index (κ2) is 10.4. The zero-order chi connectivity index (χ0) is 26.0. The topological polar surface area (TPSA) is 141 Å². The summed E-state index contributed by atoms with van der Waals surface area (Å²) < 4.78 is 35.5. The molecule has 0 aliphatic carbocycles. The molecular weight excluding hydrogens is 498 g/mol. The van der Waals surface area contributed by atoms with Gasteiger partial charge < -0.3 is 19.7 Å². The third-order valence-electron chi connectivity index (χ3n) is 4.88.